The van der Waals surface area contributed by atoms with Crippen LogP contribution < -0.4 is 5.73 Å². The molecule has 0 atom stereocenters. The monoisotopic (exact) mass is 344 g/mol. The van der Waals surface area contributed by atoms with Gasteiger partial charge in [-0.2, -0.15) is 5.10 Å². The Kier molecular flexibility index (Phi) is 3.41. The van der Waals surface area contributed by atoms with E-state index in [9.17, 15) is 4.39 Å². The minimum Gasteiger partial charge on any atom is -0.368 e. The Morgan fingerprint density at radius 3 is 2.88 bits per heavy atom. The molecule has 0 saturated carbocycles. The molecule has 0 aliphatic heterocycles. The molecule has 1 heterocycles. The summed E-state index contributed by atoms with van der Waals surface area (Å²) in [7, 11) is 0. The maximum absolute atomic E-state index is 12.9. The minimum atomic E-state index is -0.260. The molecule has 4 nitrogen and oxygen atoms in total. The summed E-state index contributed by atoms with van der Waals surface area (Å²) < 4.78 is 15.2. The second kappa shape index (κ2) is 4.82. The van der Waals surface area contributed by atoms with Gasteiger partial charge in [0.25, 0.3) is 0 Å². The molecule has 0 bridgehead atoms. The SMILES string of the molecule is Cc1cn(N=Cc2ccc(F)cc2I)c(N)n1. The molecule has 17 heavy (non-hydrogen) atoms. The first-order valence-corrected chi connectivity index (χ1v) is 5.95. The molecule has 0 unspecified atom stereocenters. The summed E-state index contributed by atoms with van der Waals surface area (Å²) in [6.45, 7) is 1.84. The molecule has 1 aromatic heterocycles. The Balaban J connectivity index is 2.29. The number of hydrogen-bond acceptors (Lipinski definition) is 3. The number of nitrogens with two attached hydrogens (primary N) is 1. The van der Waals surface area contributed by atoms with Gasteiger partial charge < -0.3 is 5.73 Å². The fourth-order valence-electron chi connectivity index (χ4n) is 1.33. The summed E-state index contributed by atoms with van der Waals surface area (Å²) in [6.07, 6.45) is 3.35. The van der Waals surface area contributed by atoms with Crippen molar-refractivity contribution in [2.45, 2.75) is 6.92 Å². The number of anilines is 1. The number of nitrogens with zero attached hydrogens (tertiary/aromatic N) is 3. The summed E-state index contributed by atoms with van der Waals surface area (Å²) in [6, 6.07) is 4.51. The predicted octanol–water partition coefficient (Wildman–Crippen LogP) is 2.40. The van der Waals surface area contributed by atoms with E-state index < -0.39 is 0 Å². The van der Waals surface area contributed by atoms with Crippen molar-refractivity contribution in [1.82, 2.24) is 9.66 Å². The van der Waals surface area contributed by atoms with Gasteiger partial charge >= 0.3 is 0 Å². The number of hydrogen-bond donors (Lipinski definition) is 1. The van der Waals surface area contributed by atoms with Crippen LogP contribution in [0.15, 0.2) is 29.5 Å². The molecular weight excluding hydrogens is 334 g/mol. The van der Waals surface area contributed by atoms with Gasteiger partial charge in [-0.05, 0) is 47.7 Å². The van der Waals surface area contributed by atoms with Crippen molar-refractivity contribution >= 4 is 34.8 Å². The third kappa shape index (κ3) is 2.82. The Morgan fingerprint density at radius 2 is 2.29 bits per heavy atom. The van der Waals surface area contributed by atoms with Crippen LogP contribution in [0.4, 0.5) is 10.3 Å². The van der Waals surface area contributed by atoms with Crippen molar-refractivity contribution in [2.24, 2.45) is 5.10 Å². The molecule has 0 aliphatic rings. The van der Waals surface area contributed by atoms with Crippen molar-refractivity contribution in [3.63, 3.8) is 0 Å². The summed E-state index contributed by atoms with van der Waals surface area (Å²) in [5.41, 5.74) is 7.27. The molecule has 0 spiro atoms. The van der Waals surface area contributed by atoms with Gasteiger partial charge in [0.15, 0.2) is 0 Å². The van der Waals surface area contributed by atoms with E-state index >= 15 is 0 Å². The second-order valence-corrected chi connectivity index (χ2v) is 4.66. The number of benzene rings is 1. The molecule has 1 aromatic carbocycles. The van der Waals surface area contributed by atoms with E-state index in [1.807, 2.05) is 6.92 Å². The molecule has 88 valence electrons. The van der Waals surface area contributed by atoms with Gasteiger partial charge in [-0.3, -0.25) is 0 Å². The predicted molar refractivity (Wildman–Crippen MR) is 73.5 cm³/mol. The van der Waals surface area contributed by atoms with Crippen molar-refractivity contribution in [3.05, 3.63) is 45.0 Å². The van der Waals surface area contributed by atoms with Gasteiger partial charge in [0.05, 0.1) is 18.1 Å². The Morgan fingerprint density at radius 1 is 1.53 bits per heavy atom. The number of halogens is 2. The van der Waals surface area contributed by atoms with E-state index in [-0.39, 0.29) is 5.82 Å². The van der Waals surface area contributed by atoms with Gasteiger partial charge in [-0.15, -0.1) is 0 Å². The smallest absolute Gasteiger partial charge is 0.221 e. The van der Waals surface area contributed by atoms with E-state index in [1.54, 1.807) is 18.5 Å². The largest absolute Gasteiger partial charge is 0.368 e. The van der Waals surface area contributed by atoms with E-state index in [1.165, 1.54) is 16.8 Å². The van der Waals surface area contributed by atoms with Gasteiger partial charge in [-0.1, -0.05) is 0 Å². The van der Waals surface area contributed by atoms with Crippen LogP contribution in [0.25, 0.3) is 0 Å². The van der Waals surface area contributed by atoms with Crippen molar-refractivity contribution in [3.8, 4) is 0 Å². The maximum atomic E-state index is 12.9. The number of imidazole rings is 1. The number of rotatable bonds is 2. The Hall–Kier alpha value is -1.44. The fourth-order valence-corrected chi connectivity index (χ4v) is 1.94. The summed E-state index contributed by atoms with van der Waals surface area (Å²) >= 11 is 2.06. The van der Waals surface area contributed by atoms with Crippen molar-refractivity contribution in [2.75, 3.05) is 5.73 Å². The zero-order chi connectivity index (χ0) is 12.4. The molecule has 2 N–H and O–H groups in total. The lowest BCUT2D eigenvalue weighted by Crippen LogP contribution is -1.97. The lowest BCUT2D eigenvalue weighted by Gasteiger charge is -1.98. The third-order valence-electron chi connectivity index (χ3n) is 2.12. The Labute approximate surface area is 111 Å². The zero-order valence-corrected chi connectivity index (χ0v) is 11.2. The third-order valence-corrected chi connectivity index (χ3v) is 3.05. The topological polar surface area (TPSA) is 56.2 Å². The zero-order valence-electron chi connectivity index (χ0n) is 9.06. The molecule has 2 rings (SSSR count). The minimum absolute atomic E-state index is 0.260. The van der Waals surface area contributed by atoms with Crippen LogP contribution in [-0.4, -0.2) is 15.9 Å². The number of nitrogen functional groups attached to an aromatic ring is 1. The highest BCUT2D eigenvalue weighted by Crippen LogP contribution is 2.12. The van der Waals surface area contributed by atoms with Crippen LogP contribution in [0, 0.1) is 16.3 Å². The molecule has 0 aliphatic carbocycles. The molecule has 0 saturated heterocycles. The molecule has 0 fully saturated rings. The molecule has 6 heteroatoms. The molecule has 2 aromatic rings. The molecule has 0 radical (unpaired) electrons. The van der Waals surface area contributed by atoms with Crippen LogP contribution in [0.5, 0.6) is 0 Å². The van der Waals surface area contributed by atoms with Crippen LogP contribution in [0.1, 0.15) is 11.3 Å². The molecule has 0 amide bonds. The lowest BCUT2D eigenvalue weighted by atomic mass is 10.2. The van der Waals surface area contributed by atoms with Crippen LogP contribution >= 0.6 is 22.6 Å². The maximum Gasteiger partial charge on any atom is 0.221 e. The average molecular weight is 344 g/mol. The highest BCUT2D eigenvalue weighted by molar-refractivity contribution is 14.1. The summed E-state index contributed by atoms with van der Waals surface area (Å²) in [5, 5.41) is 4.16. The first-order chi connectivity index (χ1) is 8.06. The van der Waals surface area contributed by atoms with E-state index in [0.717, 1.165) is 14.8 Å². The normalized spacial score (nSPS) is 11.2. The quantitative estimate of drug-likeness (QED) is 0.672. The number of aromatic nitrogens is 2. The van der Waals surface area contributed by atoms with Gasteiger partial charge in [0.2, 0.25) is 5.95 Å². The first kappa shape index (κ1) is 12.0. The van der Waals surface area contributed by atoms with E-state index in [4.69, 9.17) is 5.73 Å². The molecular formula is C11H10FIN4. The van der Waals surface area contributed by atoms with Gasteiger partial charge in [0, 0.05) is 9.13 Å². The van der Waals surface area contributed by atoms with Crippen LogP contribution in [0.2, 0.25) is 0 Å². The highest BCUT2D eigenvalue weighted by atomic mass is 127. The summed E-state index contributed by atoms with van der Waals surface area (Å²) in [4.78, 5) is 4.03. The van der Waals surface area contributed by atoms with Gasteiger partial charge in [0.1, 0.15) is 5.82 Å². The van der Waals surface area contributed by atoms with E-state index in [0.29, 0.717) is 5.95 Å². The van der Waals surface area contributed by atoms with Gasteiger partial charge in [-0.25, -0.2) is 14.1 Å². The second-order valence-electron chi connectivity index (χ2n) is 3.50. The van der Waals surface area contributed by atoms with Crippen molar-refractivity contribution in [1.29, 1.82) is 0 Å². The van der Waals surface area contributed by atoms with Crippen LogP contribution in [-0.2, 0) is 0 Å². The average Bonchev–Trinajstić information content (AvgIpc) is 2.56. The number of aryl methyl sites for hydroxylation is 1. The van der Waals surface area contributed by atoms with E-state index in [2.05, 4.69) is 32.7 Å². The lowest BCUT2D eigenvalue weighted by molar-refractivity contribution is 0.627. The highest BCUT2D eigenvalue weighted by Gasteiger charge is 2.01. The van der Waals surface area contributed by atoms with Crippen LogP contribution in [0.3, 0.4) is 0 Å². The fraction of sp³-hybridized carbons (Fsp3) is 0.0909. The summed E-state index contributed by atoms with van der Waals surface area (Å²) in [5.74, 6) is 0.0698. The first-order valence-electron chi connectivity index (χ1n) is 4.87. The standard InChI is InChI=1S/C11H10FIN4/c1-7-6-17(11(14)16-7)15-5-8-2-3-9(12)4-10(8)13/h2-6H,1H3,(H2,14,16). The Bertz CT molecular complexity index is 577. The van der Waals surface area contributed by atoms with Crippen molar-refractivity contribution < 1.29 is 4.39 Å².